The fraction of sp³-hybridized carbons (Fsp3) is 0.308. The fourth-order valence-corrected chi connectivity index (χ4v) is 1.67. The van der Waals surface area contributed by atoms with Crippen molar-refractivity contribution in [3.05, 3.63) is 35.1 Å². The molecule has 90 valence electrons. The largest absolute Gasteiger partial charge is 0.299 e. The van der Waals surface area contributed by atoms with Crippen LogP contribution in [0.2, 0.25) is 0 Å². The van der Waals surface area contributed by atoms with Gasteiger partial charge in [0.2, 0.25) is 0 Å². The van der Waals surface area contributed by atoms with Gasteiger partial charge in [0, 0.05) is 5.56 Å². The summed E-state index contributed by atoms with van der Waals surface area (Å²) in [5, 5.41) is 0. The third kappa shape index (κ3) is 2.84. The van der Waals surface area contributed by atoms with Gasteiger partial charge < -0.3 is 0 Å². The maximum absolute atomic E-state index is 13.1. The molecular formula is C13H13FO3. The number of hydrogen-bond donors (Lipinski definition) is 0. The molecule has 0 unspecified atom stereocenters. The Balaban J connectivity index is 3.23. The number of hydrogen-bond acceptors (Lipinski definition) is 3. The molecule has 0 fully saturated rings. The average molecular weight is 236 g/mol. The van der Waals surface area contributed by atoms with E-state index in [2.05, 4.69) is 0 Å². The zero-order valence-electron chi connectivity index (χ0n) is 9.91. The van der Waals surface area contributed by atoms with E-state index in [0.717, 1.165) is 6.07 Å². The SMILES string of the molecule is CC(=O)C(C(C)=O)C(=O)c1cc(F)ccc1C. The first-order valence-corrected chi connectivity index (χ1v) is 5.16. The molecule has 0 bridgehead atoms. The second kappa shape index (κ2) is 4.99. The molecule has 0 aliphatic rings. The Morgan fingerprint density at radius 3 is 2.12 bits per heavy atom. The predicted octanol–water partition coefficient (Wildman–Crippen LogP) is 2.11. The van der Waals surface area contributed by atoms with Crippen LogP contribution in [0.5, 0.6) is 0 Å². The summed E-state index contributed by atoms with van der Waals surface area (Å²) in [6.45, 7) is 3.99. The van der Waals surface area contributed by atoms with Crippen molar-refractivity contribution in [2.45, 2.75) is 20.8 Å². The van der Waals surface area contributed by atoms with Crippen molar-refractivity contribution < 1.29 is 18.8 Å². The van der Waals surface area contributed by atoms with Crippen LogP contribution in [-0.4, -0.2) is 17.3 Å². The van der Waals surface area contributed by atoms with E-state index < -0.39 is 29.1 Å². The molecule has 0 atom stereocenters. The lowest BCUT2D eigenvalue weighted by Crippen LogP contribution is -2.29. The molecule has 0 saturated carbocycles. The first-order chi connectivity index (χ1) is 7.84. The molecule has 0 heterocycles. The van der Waals surface area contributed by atoms with Gasteiger partial charge in [0.05, 0.1) is 0 Å². The second-order valence-corrected chi connectivity index (χ2v) is 3.98. The van der Waals surface area contributed by atoms with Crippen molar-refractivity contribution in [2.24, 2.45) is 5.92 Å². The number of halogens is 1. The number of benzene rings is 1. The summed E-state index contributed by atoms with van der Waals surface area (Å²) < 4.78 is 13.1. The number of Topliss-reactive ketones (excluding diaryl/α,β-unsaturated/α-hetero) is 3. The van der Waals surface area contributed by atoms with E-state index in [1.54, 1.807) is 6.92 Å². The van der Waals surface area contributed by atoms with Crippen LogP contribution in [0.3, 0.4) is 0 Å². The molecule has 0 amide bonds. The van der Waals surface area contributed by atoms with Gasteiger partial charge in [0.1, 0.15) is 23.3 Å². The van der Waals surface area contributed by atoms with Crippen LogP contribution in [0.4, 0.5) is 4.39 Å². The summed E-state index contributed by atoms with van der Waals surface area (Å²) in [6, 6.07) is 3.72. The van der Waals surface area contributed by atoms with Crippen molar-refractivity contribution >= 4 is 17.3 Å². The Labute approximate surface area is 98.6 Å². The molecular weight excluding hydrogens is 223 g/mol. The van der Waals surface area contributed by atoms with Gasteiger partial charge in [0.25, 0.3) is 0 Å². The van der Waals surface area contributed by atoms with Gasteiger partial charge >= 0.3 is 0 Å². The van der Waals surface area contributed by atoms with E-state index in [1.165, 1.54) is 26.0 Å². The molecule has 17 heavy (non-hydrogen) atoms. The van der Waals surface area contributed by atoms with Crippen molar-refractivity contribution in [1.29, 1.82) is 0 Å². The molecule has 0 spiro atoms. The van der Waals surface area contributed by atoms with E-state index in [0.29, 0.717) is 5.56 Å². The first kappa shape index (κ1) is 13.2. The maximum atomic E-state index is 13.1. The van der Waals surface area contributed by atoms with Crippen LogP contribution in [0, 0.1) is 18.7 Å². The maximum Gasteiger partial charge on any atom is 0.181 e. The van der Waals surface area contributed by atoms with Crippen LogP contribution >= 0.6 is 0 Å². The van der Waals surface area contributed by atoms with E-state index >= 15 is 0 Å². The van der Waals surface area contributed by atoms with Crippen LogP contribution in [-0.2, 0) is 9.59 Å². The van der Waals surface area contributed by atoms with Crippen LogP contribution in [0.25, 0.3) is 0 Å². The van der Waals surface area contributed by atoms with E-state index in [1.807, 2.05) is 0 Å². The number of ketones is 3. The molecule has 0 saturated heterocycles. The minimum Gasteiger partial charge on any atom is -0.299 e. The Hall–Kier alpha value is -1.84. The summed E-state index contributed by atoms with van der Waals surface area (Å²) in [5.41, 5.74) is 0.629. The molecule has 3 nitrogen and oxygen atoms in total. The summed E-state index contributed by atoms with van der Waals surface area (Å²) in [5.74, 6) is -3.57. The predicted molar refractivity (Wildman–Crippen MR) is 60.3 cm³/mol. The second-order valence-electron chi connectivity index (χ2n) is 3.98. The highest BCUT2D eigenvalue weighted by atomic mass is 19.1. The van der Waals surface area contributed by atoms with Crippen LogP contribution < -0.4 is 0 Å². The molecule has 0 radical (unpaired) electrons. The van der Waals surface area contributed by atoms with Crippen molar-refractivity contribution in [1.82, 2.24) is 0 Å². The average Bonchev–Trinajstić information content (AvgIpc) is 2.20. The smallest absolute Gasteiger partial charge is 0.181 e. The number of aryl methyl sites for hydroxylation is 1. The zero-order chi connectivity index (χ0) is 13.2. The quantitative estimate of drug-likeness (QED) is 0.594. The summed E-state index contributed by atoms with van der Waals surface area (Å²) in [4.78, 5) is 34.5. The van der Waals surface area contributed by atoms with Gasteiger partial charge in [-0.05, 0) is 38.5 Å². The highest BCUT2D eigenvalue weighted by Crippen LogP contribution is 2.16. The Morgan fingerprint density at radius 2 is 1.65 bits per heavy atom. The molecule has 4 heteroatoms. The molecule has 0 N–H and O–H groups in total. The Bertz CT molecular complexity index is 477. The van der Waals surface area contributed by atoms with Gasteiger partial charge in [-0.2, -0.15) is 0 Å². The summed E-state index contributed by atoms with van der Waals surface area (Å²) >= 11 is 0. The van der Waals surface area contributed by atoms with Gasteiger partial charge in [-0.15, -0.1) is 0 Å². The van der Waals surface area contributed by atoms with Crippen molar-refractivity contribution in [3.8, 4) is 0 Å². The van der Waals surface area contributed by atoms with Gasteiger partial charge in [-0.25, -0.2) is 4.39 Å². The normalized spacial score (nSPS) is 10.4. The number of carbonyl (C=O) groups is 3. The van der Waals surface area contributed by atoms with Crippen LogP contribution in [0.15, 0.2) is 18.2 Å². The topological polar surface area (TPSA) is 51.2 Å². The highest BCUT2D eigenvalue weighted by molar-refractivity contribution is 6.23. The molecule has 1 rings (SSSR count). The molecule has 0 aromatic heterocycles. The zero-order valence-corrected chi connectivity index (χ0v) is 9.91. The Morgan fingerprint density at radius 1 is 1.12 bits per heavy atom. The van der Waals surface area contributed by atoms with Gasteiger partial charge in [0.15, 0.2) is 5.78 Å². The lowest BCUT2D eigenvalue weighted by Gasteiger charge is -2.11. The molecule has 0 aliphatic carbocycles. The third-order valence-electron chi connectivity index (χ3n) is 2.54. The van der Waals surface area contributed by atoms with Crippen LogP contribution in [0.1, 0.15) is 29.8 Å². The van der Waals surface area contributed by atoms with Crippen molar-refractivity contribution in [3.63, 3.8) is 0 Å². The van der Waals surface area contributed by atoms with E-state index in [-0.39, 0.29) is 5.56 Å². The molecule has 1 aromatic carbocycles. The standard InChI is InChI=1S/C13H13FO3/c1-7-4-5-10(14)6-11(7)13(17)12(8(2)15)9(3)16/h4-6,12H,1-3H3. The lowest BCUT2D eigenvalue weighted by molar-refractivity contribution is -0.128. The van der Waals surface area contributed by atoms with Crippen molar-refractivity contribution in [2.75, 3.05) is 0 Å². The number of rotatable bonds is 4. The first-order valence-electron chi connectivity index (χ1n) is 5.16. The van der Waals surface area contributed by atoms with Gasteiger partial charge in [-0.1, -0.05) is 6.07 Å². The minimum absolute atomic E-state index is 0.0837. The fourth-order valence-electron chi connectivity index (χ4n) is 1.67. The number of carbonyl (C=O) groups excluding carboxylic acids is 3. The summed E-state index contributed by atoms with van der Waals surface area (Å²) in [6.07, 6.45) is 0. The minimum atomic E-state index is -1.32. The summed E-state index contributed by atoms with van der Waals surface area (Å²) in [7, 11) is 0. The van der Waals surface area contributed by atoms with E-state index in [4.69, 9.17) is 0 Å². The molecule has 0 aliphatic heterocycles. The Kier molecular flexibility index (Phi) is 3.89. The van der Waals surface area contributed by atoms with Gasteiger partial charge in [-0.3, -0.25) is 14.4 Å². The molecule has 1 aromatic rings. The highest BCUT2D eigenvalue weighted by Gasteiger charge is 2.29. The third-order valence-corrected chi connectivity index (χ3v) is 2.54. The van der Waals surface area contributed by atoms with E-state index in [9.17, 15) is 18.8 Å². The lowest BCUT2D eigenvalue weighted by atomic mass is 9.89. The monoisotopic (exact) mass is 236 g/mol.